The van der Waals surface area contributed by atoms with Gasteiger partial charge in [-0.25, -0.2) is 0 Å². The second kappa shape index (κ2) is 4.53. The van der Waals surface area contributed by atoms with Crippen LogP contribution in [0.25, 0.3) is 0 Å². The number of rotatable bonds is 2. The Balaban J connectivity index is 1.71. The van der Waals surface area contributed by atoms with Gasteiger partial charge in [0.25, 0.3) is 0 Å². The maximum atomic E-state index is 12.9. The third-order valence-electron chi connectivity index (χ3n) is 5.09. The van der Waals surface area contributed by atoms with Crippen molar-refractivity contribution in [3.63, 3.8) is 0 Å². The minimum absolute atomic E-state index is 0.00958. The summed E-state index contributed by atoms with van der Waals surface area (Å²) in [4.78, 5) is 36.9. The second-order valence-electron chi connectivity index (χ2n) is 6.17. The van der Waals surface area contributed by atoms with E-state index in [9.17, 15) is 14.4 Å². The van der Waals surface area contributed by atoms with Crippen molar-refractivity contribution in [2.24, 2.45) is 23.2 Å². The van der Waals surface area contributed by atoms with Crippen LogP contribution in [0.1, 0.15) is 12.8 Å². The molecule has 22 heavy (non-hydrogen) atoms. The zero-order valence-electron chi connectivity index (χ0n) is 11.8. The summed E-state index contributed by atoms with van der Waals surface area (Å²) in [5, 5.41) is 2.87. The zero-order valence-corrected chi connectivity index (χ0v) is 11.8. The Morgan fingerprint density at radius 2 is 1.95 bits per heavy atom. The highest BCUT2D eigenvalue weighted by Crippen LogP contribution is 2.56. The molecule has 3 aliphatic carbocycles. The van der Waals surface area contributed by atoms with Gasteiger partial charge in [-0.15, -0.1) is 0 Å². The van der Waals surface area contributed by atoms with Gasteiger partial charge in [0.05, 0.1) is 17.3 Å². The Bertz CT molecular complexity index is 696. The van der Waals surface area contributed by atoms with Gasteiger partial charge in [-0.3, -0.25) is 14.4 Å². The van der Waals surface area contributed by atoms with Crippen molar-refractivity contribution >= 4 is 23.5 Å². The standard InChI is InChI=1S/C17H15NO4/c19-14-12-10-6-8-17(9-7-10,13(12)15(20)22-14)16(21)18-11-4-2-1-3-5-11/h1-6,8,10,12-13H,7,9H2,(H,18,21)/t10-,12-,13-,17+/m0/s1. The number of allylic oxidation sites excluding steroid dienone is 1. The highest BCUT2D eigenvalue weighted by molar-refractivity contribution is 6.05. The molecule has 112 valence electrons. The van der Waals surface area contributed by atoms with E-state index in [1.165, 1.54) is 0 Å². The van der Waals surface area contributed by atoms with E-state index < -0.39 is 29.2 Å². The Kier molecular flexibility index (Phi) is 2.73. The third-order valence-corrected chi connectivity index (χ3v) is 5.09. The molecule has 4 aliphatic rings. The van der Waals surface area contributed by atoms with Gasteiger partial charge >= 0.3 is 11.9 Å². The van der Waals surface area contributed by atoms with E-state index in [0.29, 0.717) is 12.1 Å². The van der Waals surface area contributed by atoms with Crippen LogP contribution in [0.15, 0.2) is 42.5 Å². The van der Waals surface area contributed by atoms with Crippen molar-refractivity contribution in [3.8, 4) is 0 Å². The van der Waals surface area contributed by atoms with E-state index >= 15 is 0 Å². The van der Waals surface area contributed by atoms with Crippen molar-refractivity contribution < 1.29 is 19.1 Å². The Hall–Kier alpha value is -2.43. The lowest BCUT2D eigenvalue weighted by Gasteiger charge is -2.45. The molecule has 5 nitrogen and oxygen atoms in total. The average Bonchev–Trinajstić information content (AvgIpc) is 2.87. The minimum Gasteiger partial charge on any atom is -0.393 e. The monoisotopic (exact) mass is 297 g/mol. The molecule has 1 aromatic rings. The van der Waals surface area contributed by atoms with Crippen molar-refractivity contribution in [1.82, 2.24) is 0 Å². The number of carbonyl (C=O) groups is 3. The van der Waals surface area contributed by atoms with Crippen LogP contribution in [-0.2, 0) is 19.1 Å². The fourth-order valence-corrected chi connectivity index (χ4v) is 4.00. The van der Waals surface area contributed by atoms with Crippen molar-refractivity contribution in [2.75, 3.05) is 5.32 Å². The Morgan fingerprint density at radius 3 is 2.64 bits per heavy atom. The van der Waals surface area contributed by atoms with Gasteiger partial charge in [-0.05, 0) is 30.9 Å². The molecule has 1 saturated carbocycles. The molecule has 0 aromatic heterocycles. The fourth-order valence-electron chi connectivity index (χ4n) is 4.00. The summed E-state index contributed by atoms with van der Waals surface area (Å²) < 4.78 is 4.82. The first-order valence-corrected chi connectivity index (χ1v) is 7.43. The number of hydrogen-bond acceptors (Lipinski definition) is 4. The van der Waals surface area contributed by atoms with E-state index in [0.717, 1.165) is 6.42 Å². The zero-order chi connectivity index (χ0) is 15.3. The smallest absolute Gasteiger partial charge is 0.318 e. The summed E-state index contributed by atoms with van der Waals surface area (Å²) in [5.41, 5.74) is -0.296. The third kappa shape index (κ3) is 1.68. The Labute approximate surface area is 127 Å². The molecule has 1 heterocycles. The lowest BCUT2D eigenvalue weighted by atomic mass is 9.54. The summed E-state index contributed by atoms with van der Waals surface area (Å²) >= 11 is 0. The van der Waals surface area contributed by atoms with Gasteiger partial charge in [0.15, 0.2) is 0 Å². The number of esters is 2. The molecule has 0 unspecified atom stereocenters. The van der Waals surface area contributed by atoms with Gasteiger partial charge in [-0.1, -0.05) is 30.4 Å². The molecule has 1 aliphatic heterocycles. The normalized spacial score (nSPS) is 35.2. The molecule has 4 atom stereocenters. The van der Waals surface area contributed by atoms with Crippen LogP contribution in [0.4, 0.5) is 5.69 Å². The Morgan fingerprint density at radius 1 is 1.18 bits per heavy atom. The first-order valence-electron chi connectivity index (χ1n) is 7.43. The van der Waals surface area contributed by atoms with Crippen LogP contribution < -0.4 is 5.32 Å². The number of benzene rings is 1. The number of ether oxygens (including phenoxy) is 1. The summed E-state index contributed by atoms with van der Waals surface area (Å²) in [6.07, 6.45) is 4.99. The van der Waals surface area contributed by atoms with Crippen LogP contribution in [0.5, 0.6) is 0 Å². The molecule has 2 fully saturated rings. The summed E-state index contributed by atoms with van der Waals surface area (Å²) in [6, 6.07) is 9.11. The van der Waals surface area contributed by atoms with Crippen LogP contribution in [0.3, 0.4) is 0 Å². The largest absolute Gasteiger partial charge is 0.393 e. The first-order chi connectivity index (χ1) is 10.6. The van der Waals surface area contributed by atoms with Crippen LogP contribution in [0.2, 0.25) is 0 Å². The van der Waals surface area contributed by atoms with E-state index in [1.54, 1.807) is 18.2 Å². The molecule has 1 amide bonds. The van der Waals surface area contributed by atoms with E-state index in [1.807, 2.05) is 24.3 Å². The number of cyclic esters (lactones) is 2. The highest BCUT2D eigenvalue weighted by Gasteiger charge is 2.64. The topological polar surface area (TPSA) is 72.5 Å². The van der Waals surface area contributed by atoms with Crippen molar-refractivity contribution in [1.29, 1.82) is 0 Å². The van der Waals surface area contributed by atoms with Gasteiger partial charge < -0.3 is 10.1 Å². The molecule has 0 radical (unpaired) electrons. The molecular weight excluding hydrogens is 282 g/mol. The van der Waals surface area contributed by atoms with E-state index in [-0.39, 0.29) is 11.8 Å². The summed E-state index contributed by atoms with van der Waals surface area (Å²) in [6.45, 7) is 0. The number of amides is 1. The van der Waals surface area contributed by atoms with E-state index in [4.69, 9.17) is 4.74 Å². The molecule has 5 heteroatoms. The molecule has 1 saturated heterocycles. The van der Waals surface area contributed by atoms with Gasteiger partial charge in [0.2, 0.25) is 5.91 Å². The van der Waals surface area contributed by atoms with Gasteiger partial charge in [0, 0.05) is 5.69 Å². The SMILES string of the molecule is O=C1OC(=O)[C@@H]2[C@@H]1[C@H]1C=C[C@@]2(C(=O)Nc2ccccc2)CC1. The van der Waals surface area contributed by atoms with Crippen molar-refractivity contribution in [3.05, 3.63) is 42.5 Å². The number of para-hydroxylation sites is 1. The van der Waals surface area contributed by atoms with Crippen LogP contribution in [-0.4, -0.2) is 17.8 Å². The molecular formula is C17H15NO4. The summed E-state index contributed by atoms with van der Waals surface area (Å²) in [5.74, 6) is -2.47. The fraction of sp³-hybridized carbons (Fsp3) is 0.353. The number of fused-ring (bicyclic) bond motifs is 1. The predicted molar refractivity (Wildman–Crippen MR) is 77.4 cm³/mol. The summed E-state index contributed by atoms with van der Waals surface area (Å²) in [7, 11) is 0. The molecule has 2 bridgehead atoms. The highest BCUT2D eigenvalue weighted by atomic mass is 16.6. The van der Waals surface area contributed by atoms with Crippen LogP contribution in [0, 0.1) is 23.2 Å². The lowest BCUT2D eigenvalue weighted by Crippen LogP contribution is -2.52. The second-order valence-corrected chi connectivity index (χ2v) is 6.17. The average molecular weight is 297 g/mol. The van der Waals surface area contributed by atoms with Crippen molar-refractivity contribution in [2.45, 2.75) is 12.8 Å². The number of anilines is 1. The maximum absolute atomic E-state index is 12.9. The van der Waals surface area contributed by atoms with Gasteiger partial charge in [0.1, 0.15) is 0 Å². The first kappa shape index (κ1) is 13.2. The predicted octanol–water partition coefficient (Wildman–Crippen LogP) is 1.91. The van der Waals surface area contributed by atoms with E-state index in [2.05, 4.69) is 5.32 Å². The number of carbonyl (C=O) groups excluding carboxylic acids is 3. The maximum Gasteiger partial charge on any atom is 0.318 e. The molecule has 1 aromatic carbocycles. The van der Waals surface area contributed by atoms with Gasteiger partial charge in [-0.2, -0.15) is 0 Å². The molecule has 0 spiro atoms. The molecule has 1 N–H and O–H groups in total. The number of nitrogens with one attached hydrogen (secondary N) is 1. The quantitative estimate of drug-likeness (QED) is 0.514. The molecule has 5 rings (SSSR count). The lowest BCUT2D eigenvalue weighted by molar-refractivity contribution is -0.155. The minimum atomic E-state index is -0.974. The number of hydrogen-bond donors (Lipinski definition) is 1. The van der Waals surface area contributed by atoms with Crippen LogP contribution >= 0.6 is 0 Å².